The molecule has 1 aromatic heterocycles. The van der Waals surface area contributed by atoms with Crippen molar-refractivity contribution in [1.82, 2.24) is 0 Å². The normalized spacial score (nSPS) is 10.1. The first-order valence-electron chi connectivity index (χ1n) is 4.95. The van der Waals surface area contributed by atoms with E-state index in [4.69, 9.17) is 9.52 Å². The predicted molar refractivity (Wildman–Crippen MR) is 67.8 cm³/mol. The molecule has 1 heterocycles. The Morgan fingerprint density at radius 2 is 1.83 bits per heavy atom. The Morgan fingerprint density at radius 1 is 1.17 bits per heavy atom. The molecule has 18 heavy (non-hydrogen) atoms. The predicted octanol–water partition coefficient (Wildman–Crippen LogP) is 2.99. The molecule has 0 aliphatic heterocycles. The van der Waals surface area contributed by atoms with Crippen molar-refractivity contribution in [3.05, 3.63) is 52.4 Å². The quantitative estimate of drug-likeness (QED) is 0.913. The van der Waals surface area contributed by atoms with Gasteiger partial charge in [0.1, 0.15) is 5.56 Å². The third kappa shape index (κ3) is 2.60. The standard InChI is InChI=1S/C12H8BrNO4/c13-7-1-3-8(4-2-7)14-11(15)10-9(12(16)17)5-6-18-10/h1-6H,(H,14,15)(H,16,17). The zero-order valence-electron chi connectivity index (χ0n) is 9.01. The Hall–Kier alpha value is -2.08. The van der Waals surface area contributed by atoms with Crippen LogP contribution in [0.2, 0.25) is 0 Å². The monoisotopic (exact) mass is 309 g/mol. The van der Waals surface area contributed by atoms with Crippen molar-refractivity contribution in [3.8, 4) is 0 Å². The van der Waals surface area contributed by atoms with E-state index in [1.54, 1.807) is 24.3 Å². The number of amides is 1. The zero-order valence-corrected chi connectivity index (χ0v) is 10.6. The Kier molecular flexibility index (Phi) is 3.47. The van der Waals surface area contributed by atoms with Gasteiger partial charge in [-0.25, -0.2) is 4.79 Å². The Balaban J connectivity index is 2.19. The fraction of sp³-hybridized carbons (Fsp3) is 0. The molecule has 0 bridgehead atoms. The van der Waals surface area contributed by atoms with Gasteiger partial charge in [-0.05, 0) is 30.3 Å². The van der Waals surface area contributed by atoms with Gasteiger partial charge >= 0.3 is 5.97 Å². The molecule has 0 saturated heterocycles. The van der Waals surface area contributed by atoms with Crippen LogP contribution in [0.1, 0.15) is 20.9 Å². The van der Waals surface area contributed by atoms with Gasteiger partial charge in [-0.1, -0.05) is 15.9 Å². The third-order valence-electron chi connectivity index (χ3n) is 2.20. The number of aromatic carboxylic acids is 1. The van der Waals surface area contributed by atoms with Gasteiger partial charge in [-0.15, -0.1) is 0 Å². The van der Waals surface area contributed by atoms with Crippen LogP contribution in [0.5, 0.6) is 0 Å². The molecule has 6 heteroatoms. The molecule has 1 amide bonds. The molecule has 92 valence electrons. The number of benzene rings is 1. The summed E-state index contributed by atoms with van der Waals surface area (Å²) in [5.74, 6) is -2.02. The van der Waals surface area contributed by atoms with E-state index in [1.807, 2.05) is 0 Å². The Labute approximate surface area is 111 Å². The number of hydrogen-bond donors (Lipinski definition) is 2. The summed E-state index contributed by atoms with van der Waals surface area (Å²) in [4.78, 5) is 22.6. The highest BCUT2D eigenvalue weighted by Crippen LogP contribution is 2.17. The number of carboxylic acids is 1. The molecule has 0 atom stereocenters. The molecule has 0 aliphatic rings. The van der Waals surface area contributed by atoms with Crippen LogP contribution in [0.3, 0.4) is 0 Å². The van der Waals surface area contributed by atoms with Crippen molar-refractivity contribution in [2.45, 2.75) is 0 Å². The molecule has 0 spiro atoms. The van der Waals surface area contributed by atoms with Crippen LogP contribution >= 0.6 is 15.9 Å². The maximum atomic E-state index is 11.8. The Bertz CT molecular complexity index is 588. The van der Waals surface area contributed by atoms with E-state index in [1.165, 1.54) is 12.3 Å². The number of hydrogen-bond acceptors (Lipinski definition) is 3. The van der Waals surface area contributed by atoms with Gasteiger partial charge in [0.2, 0.25) is 5.76 Å². The summed E-state index contributed by atoms with van der Waals surface area (Å²) in [6.07, 6.45) is 1.17. The van der Waals surface area contributed by atoms with Crippen molar-refractivity contribution in [2.24, 2.45) is 0 Å². The molecule has 0 aliphatic carbocycles. The number of halogens is 1. The molecule has 0 saturated carbocycles. The molecule has 0 unspecified atom stereocenters. The van der Waals surface area contributed by atoms with Gasteiger partial charge in [-0.2, -0.15) is 0 Å². The first-order valence-corrected chi connectivity index (χ1v) is 5.75. The topological polar surface area (TPSA) is 79.5 Å². The largest absolute Gasteiger partial charge is 0.478 e. The highest BCUT2D eigenvalue weighted by Gasteiger charge is 2.20. The van der Waals surface area contributed by atoms with Gasteiger partial charge in [0.15, 0.2) is 0 Å². The van der Waals surface area contributed by atoms with Crippen LogP contribution in [0.4, 0.5) is 5.69 Å². The molecule has 2 N–H and O–H groups in total. The molecular formula is C12H8BrNO4. The Morgan fingerprint density at radius 3 is 2.44 bits per heavy atom. The SMILES string of the molecule is O=C(O)c1ccoc1C(=O)Nc1ccc(Br)cc1. The lowest BCUT2D eigenvalue weighted by Crippen LogP contribution is -2.14. The number of carbonyl (C=O) groups is 2. The highest BCUT2D eigenvalue weighted by molar-refractivity contribution is 9.10. The van der Waals surface area contributed by atoms with E-state index in [9.17, 15) is 9.59 Å². The maximum Gasteiger partial charge on any atom is 0.339 e. The van der Waals surface area contributed by atoms with E-state index >= 15 is 0 Å². The first-order chi connectivity index (χ1) is 8.58. The second-order valence-corrected chi connectivity index (χ2v) is 4.35. The van der Waals surface area contributed by atoms with Gasteiger partial charge in [0, 0.05) is 10.2 Å². The average molecular weight is 310 g/mol. The van der Waals surface area contributed by atoms with Crippen LogP contribution in [0, 0.1) is 0 Å². The van der Waals surface area contributed by atoms with E-state index in [0.717, 1.165) is 4.47 Å². The second-order valence-electron chi connectivity index (χ2n) is 3.43. The fourth-order valence-corrected chi connectivity index (χ4v) is 1.64. The van der Waals surface area contributed by atoms with E-state index in [0.29, 0.717) is 5.69 Å². The maximum absolute atomic E-state index is 11.8. The van der Waals surface area contributed by atoms with Gasteiger partial charge < -0.3 is 14.8 Å². The van der Waals surface area contributed by atoms with Crippen LogP contribution in [-0.2, 0) is 0 Å². The number of anilines is 1. The molecule has 5 nitrogen and oxygen atoms in total. The summed E-state index contributed by atoms with van der Waals surface area (Å²) in [7, 11) is 0. The van der Waals surface area contributed by atoms with Crippen LogP contribution in [0.15, 0.2) is 45.5 Å². The van der Waals surface area contributed by atoms with E-state index in [-0.39, 0.29) is 11.3 Å². The smallest absolute Gasteiger partial charge is 0.339 e. The summed E-state index contributed by atoms with van der Waals surface area (Å²) in [5.41, 5.74) is 0.389. The van der Waals surface area contributed by atoms with Crippen molar-refractivity contribution in [3.63, 3.8) is 0 Å². The van der Waals surface area contributed by atoms with E-state index in [2.05, 4.69) is 21.2 Å². The summed E-state index contributed by atoms with van der Waals surface area (Å²) >= 11 is 3.27. The molecule has 0 fully saturated rings. The first kappa shape index (κ1) is 12.4. The summed E-state index contributed by atoms with van der Waals surface area (Å²) in [5, 5.41) is 11.4. The molecule has 2 rings (SSSR count). The lowest BCUT2D eigenvalue weighted by Gasteiger charge is -2.03. The molecule has 2 aromatic rings. The minimum atomic E-state index is -1.20. The average Bonchev–Trinajstić information content (AvgIpc) is 2.81. The van der Waals surface area contributed by atoms with Gasteiger partial charge in [-0.3, -0.25) is 4.79 Å². The van der Waals surface area contributed by atoms with Crippen LogP contribution in [-0.4, -0.2) is 17.0 Å². The number of furan rings is 1. The lowest BCUT2D eigenvalue weighted by atomic mass is 10.2. The summed E-state index contributed by atoms with van der Waals surface area (Å²) in [6.45, 7) is 0. The molecule has 1 aromatic carbocycles. The van der Waals surface area contributed by atoms with Gasteiger partial charge in [0.25, 0.3) is 5.91 Å². The molecular weight excluding hydrogens is 302 g/mol. The van der Waals surface area contributed by atoms with Crippen LogP contribution in [0.25, 0.3) is 0 Å². The van der Waals surface area contributed by atoms with Crippen molar-refractivity contribution in [1.29, 1.82) is 0 Å². The molecule has 0 radical (unpaired) electrons. The lowest BCUT2D eigenvalue weighted by molar-refractivity contribution is 0.0690. The number of nitrogens with one attached hydrogen (secondary N) is 1. The van der Waals surface area contributed by atoms with Crippen molar-refractivity contribution in [2.75, 3.05) is 5.32 Å². The zero-order chi connectivity index (χ0) is 13.1. The summed E-state index contributed by atoms with van der Waals surface area (Å²) < 4.78 is 5.76. The van der Waals surface area contributed by atoms with Crippen molar-refractivity contribution >= 4 is 33.5 Å². The highest BCUT2D eigenvalue weighted by atomic mass is 79.9. The number of carboxylic acid groups (broad SMARTS) is 1. The number of carbonyl (C=O) groups excluding carboxylic acids is 1. The van der Waals surface area contributed by atoms with Gasteiger partial charge in [0.05, 0.1) is 6.26 Å². The summed E-state index contributed by atoms with van der Waals surface area (Å²) in [6, 6.07) is 8.13. The fourth-order valence-electron chi connectivity index (χ4n) is 1.37. The van der Waals surface area contributed by atoms with Crippen molar-refractivity contribution < 1.29 is 19.1 Å². The number of rotatable bonds is 3. The second kappa shape index (κ2) is 5.05. The minimum absolute atomic E-state index is 0.162. The van der Waals surface area contributed by atoms with E-state index < -0.39 is 11.9 Å². The minimum Gasteiger partial charge on any atom is -0.478 e. The third-order valence-corrected chi connectivity index (χ3v) is 2.73. The van der Waals surface area contributed by atoms with Crippen LogP contribution < -0.4 is 5.32 Å².